The normalized spacial score (nSPS) is 10.2. The van der Waals surface area contributed by atoms with Crippen LogP contribution < -0.4 is 5.32 Å². The lowest BCUT2D eigenvalue weighted by Gasteiger charge is -2.21. The van der Waals surface area contributed by atoms with Gasteiger partial charge in [0.1, 0.15) is 12.4 Å². The summed E-state index contributed by atoms with van der Waals surface area (Å²) in [4.78, 5) is 25.3. The van der Waals surface area contributed by atoms with E-state index in [0.29, 0.717) is 12.2 Å². The van der Waals surface area contributed by atoms with Gasteiger partial charge in [-0.25, -0.2) is 4.39 Å². The van der Waals surface area contributed by atoms with Crippen molar-refractivity contribution < 1.29 is 14.0 Å². The second kappa shape index (κ2) is 7.54. The number of carbonyl (C=O) groups excluding carboxylic acids is 2. The molecular weight excluding hydrogens is 295 g/mol. The third kappa shape index (κ3) is 5.21. The number of anilines is 1. The molecule has 23 heavy (non-hydrogen) atoms. The quantitative estimate of drug-likeness (QED) is 0.922. The minimum Gasteiger partial charge on any atom is -0.329 e. The van der Waals surface area contributed by atoms with Crippen LogP contribution >= 0.6 is 0 Å². The van der Waals surface area contributed by atoms with E-state index < -0.39 is 5.82 Å². The van der Waals surface area contributed by atoms with Crippen LogP contribution in [0.25, 0.3) is 0 Å². The highest BCUT2D eigenvalue weighted by Gasteiger charge is 2.14. The van der Waals surface area contributed by atoms with Gasteiger partial charge in [-0.15, -0.1) is 0 Å². The van der Waals surface area contributed by atoms with Gasteiger partial charge in [-0.1, -0.05) is 35.9 Å². The van der Waals surface area contributed by atoms with Crippen LogP contribution in [0.15, 0.2) is 48.5 Å². The predicted octanol–water partition coefficient (Wildman–Crippen LogP) is 3.12. The van der Waals surface area contributed by atoms with E-state index in [-0.39, 0.29) is 18.4 Å². The molecule has 0 saturated heterocycles. The molecule has 0 spiro atoms. The van der Waals surface area contributed by atoms with Crippen molar-refractivity contribution in [3.05, 3.63) is 65.5 Å². The third-order valence-electron chi connectivity index (χ3n) is 3.34. The monoisotopic (exact) mass is 314 g/mol. The van der Waals surface area contributed by atoms with Gasteiger partial charge in [0, 0.05) is 19.2 Å². The summed E-state index contributed by atoms with van der Waals surface area (Å²) < 4.78 is 13.1. The first-order valence-corrected chi connectivity index (χ1v) is 7.30. The van der Waals surface area contributed by atoms with Gasteiger partial charge < -0.3 is 10.2 Å². The Bertz CT molecular complexity index is 716. The van der Waals surface area contributed by atoms with E-state index in [2.05, 4.69) is 5.32 Å². The van der Waals surface area contributed by atoms with E-state index in [4.69, 9.17) is 0 Å². The number of rotatable bonds is 5. The molecule has 2 amide bonds. The van der Waals surface area contributed by atoms with E-state index in [9.17, 15) is 14.0 Å². The van der Waals surface area contributed by atoms with Crippen LogP contribution in [-0.4, -0.2) is 23.3 Å². The molecule has 2 aromatic rings. The van der Waals surface area contributed by atoms with Gasteiger partial charge in [-0.3, -0.25) is 9.59 Å². The minimum atomic E-state index is -0.425. The summed E-state index contributed by atoms with van der Waals surface area (Å²) in [6.45, 7) is 3.66. The van der Waals surface area contributed by atoms with E-state index in [0.717, 1.165) is 11.1 Å². The topological polar surface area (TPSA) is 49.4 Å². The largest absolute Gasteiger partial charge is 0.329 e. The van der Waals surface area contributed by atoms with Gasteiger partial charge in [-0.2, -0.15) is 0 Å². The number of carbonyl (C=O) groups is 2. The number of halogens is 1. The van der Waals surface area contributed by atoms with E-state index in [1.54, 1.807) is 6.07 Å². The smallest absolute Gasteiger partial charge is 0.244 e. The summed E-state index contributed by atoms with van der Waals surface area (Å²) in [6.07, 6.45) is 0. The number of hydrogen-bond donors (Lipinski definition) is 1. The van der Waals surface area contributed by atoms with Crippen molar-refractivity contribution in [2.45, 2.75) is 20.4 Å². The molecule has 0 aliphatic carbocycles. The molecule has 0 aliphatic rings. The third-order valence-corrected chi connectivity index (χ3v) is 3.34. The molecule has 0 atom stereocenters. The molecule has 0 unspecified atom stereocenters. The lowest BCUT2D eigenvalue weighted by atomic mass is 10.1. The molecule has 4 nitrogen and oxygen atoms in total. The Balaban J connectivity index is 2.01. The SMILES string of the molecule is CC(=O)N(CC(=O)Nc1cccc(F)c1)Cc1cccc(C)c1. The Morgan fingerprint density at radius 3 is 2.52 bits per heavy atom. The molecular formula is C18H19FN2O2. The molecule has 0 radical (unpaired) electrons. The molecule has 0 fully saturated rings. The van der Waals surface area contributed by atoms with Gasteiger partial charge >= 0.3 is 0 Å². The summed E-state index contributed by atoms with van der Waals surface area (Å²) in [5, 5.41) is 2.59. The van der Waals surface area contributed by atoms with Crippen LogP contribution in [0.5, 0.6) is 0 Å². The molecule has 0 aromatic heterocycles. The Kier molecular flexibility index (Phi) is 5.46. The fourth-order valence-electron chi connectivity index (χ4n) is 2.25. The molecule has 1 N–H and O–H groups in total. The number of nitrogens with zero attached hydrogens (tertiary/aromatic N) is 1. The highest BCUT2D eigenvalue weighted by Crippen LogP contribution is 2.11. The van der Waals surface area contributed by atoms with Crippen LogP contribution in [0.3, 0.4) is 0 Å². The van der Waals surface area contributed by atoms with Crippen molar-refractivity contribution in [1.82, 2.24) is 4.90 Å². The molecule has 0 heterocycles. The van der Waals surface area contributed by atoms with Gasteiger partial charge in [-0.05, 0) is 30.7 Å². The zero-order valence-corrected chi connectivity index (χ0v) is 13.2. The zero-order chi connectivity index (χ0) is 16.8. The fraction of sp³-hybridized carbons (Fsp3) is 0.222. The second-order valence-corrected chi connectivity index (χ2v) is 5.42. The first-order chi connectivity index (χ1) is 10.9. The minimum absolute atomic E-state index is 0.0835. The first-order valence-electron chi connectivity index (χ1n) is 7.30. The van der Waals surface area contributed by atoms with E-state index in [1.165, 1.54) is 30.0 Å². The Labute approximate surface area is 134 Å². The number of amides is 2. The summed E-state index contributed by atoms with van der Waals surface area (Å²) in [6, 6.07) is 13.4. The summed E-state index contributed by atoms with van der Waals surface area (Å²) in [5.41, 5.74) is 2.42. The predicted molar refractivity (Wildman–Crippen MR) is 87.3 cm³/mol. The highest BCUT2D eigenvalue weighted by molar-refractivity contribution is 5.94. The molecule has 120 valence electrons. The molecule has 0 saturated carbocycles. The molecule has 2 rings (SSSR count). The van der Waals surface area contributed by atoms with E-state index >= 15 is 0 Å². The van der Waals surface area contributed by atoms with Crippen molar-refractivity contribution in [1.29, 1.82) is 0 Å². The second-order valence-electron chi connectivity index (χ2n) is 5.42. The lowest BCUT2D eigenvalue weighted by Crippen LogP contribution is -2.36. The zero-order valence-electron chi connectivity index (χ0n) is 13.2. The molecule has 0 bridgehead atoms. The maximum atomic E-state index is 13.1. The number of hydrogen-bond acceptors (Lipinski definition) is 2. The van der Waals surface area contributed by atoms with Gasteiger partial charge in [0.25, 0.3) is 0 Å². The van der Waals surface area contributed by atoms with Crippen molar-refractivity contribution >= 4 is 17.5 Å². The van der Waals surface area contributed by atoms with Crippen molar-refractivity contribution in [2.75, 3.05) is 11.9 Å². The summed E-state index contributed by atoms with van der Waals surface area (Å²) in [7, 11) is 0. The Hall–Kier alpha value is -2.69. The van der Waals surface area contributed by atoms with Crippen LogP contribution in [0.4, 0.5) is 10.1 Å². The Morgan fingerprint density at radius 2 is 1.87 bits per heavy atom. The van der Waals surface area contributed by atoms with E-state index in [1.807, 2.05) is 31.2 Å². The standard InChI is InChI=1S/C18H19FN2O2/c1-13-5-3-6-15(9-13)11-21(14(2)22)12-18(23)20-17-8-4-7-16(19)10-17/h3-10H,11-12H2,1-2H3,(H,20,23). The Morgan fingerprint density at radius 1 is 1.13 bits per heavy atom. The number of benzene rings is 2. The highest BCUT2D eigenvalue weighted by atomic mass is 19.1. The van der Waals surface area contributed by atoms with Crippen molar-refractivity contribution in [2.24, 2.45) is 0 Å². The fourth-order valence-corrected chi connectivity index (χ4v) is 2.25. The van der Waals surface area contributed by atoms with Gasteiger partial charge in [0.2, 0.25) is 11.8 Å². The van der Waals surface area contributed by atoms with Crippen LogP contribution in [0.1, 0.15) is 18.1 Å². The van der Waals surface area contributed by atoms with Crippen molar-refractivity contribution in [3.63, 3.8) is 0 Å². The first kappa shape index (κ1) is 16.7. The lowest BCUT2D eigenvalue weighted by molar-refractivity contribution is -0.133. The average Bonchev–Trinajstić information content (AvgIpc) is 2.46. The van der Waals surface area contributed by atoms with Crippen LogP contribution in [0, 0.1) is 12.7 Å². The van der Waals surface area contributed by atoms with Gasteiger partial charge in [0.05, 0.1) is 0 Å². The summed E-state index contributed by atoms with van der Waals surface area (Å²) >= 11 is 0. The number of nitrogens with one attached hydrogen (secondary N) is 1. The molecule has 0 aliphatic heterocycles. The molecule has 5 heteroatoms. The maximum absolute atomic E-state index is 13.1. The number of aryl methyl sites for hydroxylation is 1. The molecule has 2 aromatic carbocycles. The van der Waals surface area contributed by atoms with Crippen LogP contribution in [-0.2, 0) is 16.1 Å². The summed E-state index contributed by atoms with van der Waals surface area (Å²) in [5.74, 6) is -0.981. The van der Waals surface area contributed by atoms with Gasteiger partial charge in [0.15, 0.2) is 0 Å². The van der Waals surface area contributed by atoms with Crippen molar-refractivity contribution in [3.8, 4) is 0 Å². The average molecular weight is 314 g/mol. The van der Waals surface area contributed by atoms with Crippen LogP contribution in [0.2, 0.25) is 0 Å². The maximum Gasteiger partial charge on any atom is 0.244 e.